The monoisotopic (exact) mass is 516 g/mol. The Morgan fingerprint density at radius 3 is 2.63 bits per heavy atom. The molecule has 2 heterocycles. The van der Waals surface area contributed by atoms with Crippen LogP contribution in [0.25, 0.3) is 10.9 Å². The fraction of sp³-hybridized carbons (Fsp3) is 0.385. The van der Waals surface area contributed by atoms with Gasteiger partial charge in [-0.25, -0.2) is 0 Å². The highest BCUT2D eigenvalue weighted by atomic mass is 35.5. The van der Waals surface area contributed by atoms with Gasteiger partial charge in [-0.15, -0.1) is 0 Å². The number of carbonyl (C=O) groups excluding carboxylic acids is 2. The van der Waals surface area contributed by atoms with Gasteiger partial charge in [0, 0.05) is 43.4 Å². The van der Waals surface area contributed by atoms with Crippen LogP contribution in [0.3, 0.4) is 0 Å². The third-order valence-electron chi connectivity index (χ3n) is 6.47. The van der Waals surface area contributed by atoms with Crippen LogP contribution >= 0.6 is 23.2 Å². The Morgan fingerprint density at radius 1 is 1.09 bits per heavy atom. The minimum absolute atomic E-state index is 0.107. The molecule has 0 aliphatic carbocycles. The standard InChI is InChI=1S/C26H30Cl2N4O3/c1-17(24(33)31-15-18-6-7-21(27)22(28)14-18)32-26(9-12-35-13-10-26)25(34)29-11-8-19-16-30-23-5-3-2-4-20(19)23/h2-7,14,16-17,30,32H,8-13,15H2,1H3,(H,29,34)(H,31,33). The molecule has 186 valence electrons. The summed E-state index contributed by atoms with van der Waals surface area (Å²) in [5.74, 6) is -0.307. The molecule has 1 fully saturated rings. The number of para-hydroxylation sites is 1. The molecule has 2 amide bonds. The van der Waals surface area contributed by atoms with Crippen molar-refractivity contribution in [2.24, 2.45) is 0 Å². The van der Waals surface area contributed by atoms with Crippen LogP contribution in [0, 0.1) is 0 Å². The average molecular weight is 517 g/mol. The Hall–Kier alpha value is -2.58. The summed E-state index contributed by atoms with van der Waals surface area (Å²) in [5.41, 5.74) is 2.22. The molecule has 0 saturated carbocycles. The van der Waals surface area contributed by atoms with Crippen molar-refractivity contribution in [1.29, 1.82) is 0 Å². The van der Waals surface area contributed by atoms with Crippen LogP contribution in [0.4, 0.5) is 0 Å². The molecule has 1 aliphatic rings. The van der Waals surface area contributed by atoms with Crippen molar-refractivity contribution in [1.82, 2.24) is 20.9 Å². The molecule has 7 nitrogen and oxygen atoms in total. The summed E-state index contributed by atoms with van der Waals surface area (Å²) >= 11 is 12.0. The summed E-state index contributed by atoms with van der Waals surface area (Å²) < 4.78 is 5.51. The maximum absolute atomic E-state index is 13.3. The second-order valence-electron chi connectivity index (χ2n) is 8.89. The van der Waals surface area contributed by atoms with E-state index >= 15 is 0 Å². The van der Waals surface area contributed by atoms with Gasteiger partial charge in [0.1, 0.15) is 5.54 Å². The number of fused-ring (bicyclic) bond motifs is 1. The normalized spacial score (nSPS) is 16.1. The van der Waals surface area contributed by atoms with E-state index in [-0.39, 0.29) is 11.8 Å². The van der Waals surface area contributed by atoms with Gasteiger partial charge in [-0.2, -0.15) is 0 Å². The largest absolute Gasteiger partial charge is 0.381 e. The number of benzene rings is 2. The second-order valence-corrected chi connectivity index (χ2v) is 9.71. The predicted octanol–water partition coefficient (Wildman–Crippen LogP) is 3.98. The van der Waals surface area contributed by atoms with Crippen LogP contribution in [-0.4, -0.2) is 48.1 Å². The lowest BCUT2D eigenvalue weighted by Crippen LogP contribution is -2.64. The van der Waals surface area contributed by atoms with E-state index in [9.17, 15) is 9.59 Å². The number of rotatable bonds is 9. The molecule has 0 radical (unpaired) electrons. The average Bonchev–Trinajstić information content (AvgIpc) is 3.28. The first-order valence-corrected chi connectivity index (χ1v) is 12.5. The maximum atomic E-state index is 13.3. The molecule has 3 aromatic rings. The van der Waals surface area contributed by atoms with E-state index in [0.29, 0.717) is 55.6 Å². The molecule has 0 spiro atoms. The van der Waals surface area contributed by atoms with Crippen molar-refractivity contribution in [2.75, 3.05) is 19.8 Å². The molecule has 35 heavy (non-hydrogen) atoms. The number of ether oxygens (including phenoxy) is 1. The van der Waals surface area contributed by atoms with Gasteiger partial charge in [0.25, 0.3) is 0 Å². The first kappa shape index (κ1) is 25.5. The highest BCUT2D eigenvalue weighted by molar-refractivity contribution is 6.42. The van der Waals surface area contributed by atoms with Crippen LogP contribution < -0.4 is 16.0 Å². The molecular weight excluding hydrogens is 487 g/mol. The molecule has 9 heteroatoms. The third-order valence-corrected chi connectivity index (χ3v) is 7.21. The predicted molar refractivity (Wildman–Crippen MR) is 139 cm³/mol. The molecular formula is C26H30Cl2N4O3. The van der Waals surface area contributed by atoms with Gasteiger partial charge in [0.2, 0.25) is 11.8 Å². The molecule has 1 atom stereocenters. The first-order chi connectivity index (χ1) is 16.9. The highest BCUT2D eigenvalue weighted by Crippen LogP contribution is 2.24. The zero-order valence-electron chi connectivity index (χ0n) is 19.6. The van der Waals surface area contributed by atoms with E-state index in [1.807, 2.05) is 30.5 Å². The Balaban J connectivity index is 1.34. The SMILES string of the molecule is CC(NC1(C(=O)NCCc2c[nH]c3ccccc23)CCOCC1)C(=O)NCc1ccc(Cl)c(Cl)c1. The van der Waals surface area contributed by atoms with Crippen LogP contribution in [0.1, 0.15) is 30.9 Å². The van der Waals surface area contributed by atoms with Gasteiger partial charge in [-0.3, -0.25) is 14.9 Å². The van der Waals surface area contributed by atoms with Crippen molar-refractivity contribution in [3.05, 3.63) is 69.8 Å². The van der Waals surface area contributed by atoms with E-state index in [1.165, 1.54) is 0 Å². The van der Waals surface area contributed by atoms with Gasteiger partial charge >= 0.3 is 0 Å². The summed E-state index contributed by atoms with van der Waals surface area (Å²) in [5, 5.41) is 11.4. The fourth-order valence-electron chi connectivity index (χ4n) is 4.45. The minimum Gasteiger partial charge on any atom is -0.381 e. The van der Waals surface area contributed by atoms with Gasteiger partial charge < -0.3 is 20.4 Å². The Kier molecular flexibility index (Phi) is 8.34. The lowest BCUT2D eigenvalue weighted by Gasteiger charge is -2.38. The molecule has 1 saturated heterocycles. The summed E-state index contributed by atoms with van der Waals surface area (Å²) in [4.78, 5) is 29.4. The van der Waals surface area contributed by atoms with Crippen molar-refractivity contribution in [3.63, 3.8) is 0 Å². The zero-order chi connectivity index (χ0) is 24.8. The quantitative estimate of drug-likeness (QED) is 0.346. The number of hydrogen-bond acceptors (Lipinski definition) is 4. The molecule has 2 aromatic carbocycles. The van der Waals surface area contributed by atoms with Crippen molar-refractivity contribution in [2.45, 2.75) is 44.3 Å². The summed E-state index contributed by atoms with van der Waals surface area (Å²) in [6.07, 6.45) is 3.69. The number of nitrogens with one attached hydrogen (secondary N) is 4. The van der Waals surface area contributed by atoms with Crippen LogP contribution in [0.15, 0.2) is 48.7 Å². The number of halogens is 2. The Morgan fingerprint density at radius 2 is 1.86 bits per heavy atom. The second kappa shape index (κ2) is 11.4. The Bertz CT molecular complexity index is 1190. The number of amides is 2. The number of aromatic nitrogens is 1. The third kappa shape index (κ3) is 6.16. The lowest BCUT2D eigenvalue weighted by atomic mass is 9.87. The number of carbonyl (C=O) groups is 2. The van der Waals surface area contributed by atoms with E-state index in [4.69, 9.17) is 27.9 Å². The summed E-state index contributed by atoms with van der Waals surface area (Å²) in [7, 11) is 0. The zero-order valence-corrected chi connectivity index (χ0v) is 21.1. The van der Waals surface area contributed by atoms with Crippen LogP contribution in [0.2, 0.25) is 10.0 Å². The van der Waals surface area contributed by atoms with Crippen LogP contribution in [0.5, 0.6) is 0 Å². The number of H-pyrrole nitrogens is 1. The lowest BCUT2D eigenvalue weighted by molar-refractivity contribution is -0.133. The molecule has 4 N–H and O–H groups in total. The molecule has 1 aromatic heterocycles. The summed E-state index contributed by atoms with van der Waals surface area (Å²) in [6, 6.07) is 12.8. The van der Waals surface area contributed by atoms with E-state index in [1.54, 1.807) is 19.1 Å². The Labute approximate surface area is 214 Å². The molecule has 4 rings (SSSR count). The smallest absolute Gasteiger partial charge is 0.240 e. The molecule has 0 bridgehead atoms. The van der Waals surface area contributed by atoms with Gasteiger partial charge in [0.15, 0.2) is 0 Å². The maximum Gasteiger partial charge on any atom is 0.240 e. The first-order valence-electron chi connectivity index (χ1n) is 11.8. The van der Waals surface area contributed by atoms with Crippen molar-refractivity contribution < 1.29 is 14.3 Å². The topological polar surface area (TPSA) is 95.2 Å². The minimum atomic E-state index is -0.862. The van der Waals surface area contributed by atoms with Gasteiger partial charge in [0.05, 0.1) is 16.1 Å². The van der Waals surface area contributed by atoms with Gasteiger partial charge in [-0.1, -0.05) is 47.5 Å². The summed E-state index contributed by atoms with van der Waals surface area (Å²) in [6.45, 7) is 3.50. The highest BCUT2D eigenvalue weighted by Gasteiger charge is 2.41. The van der Waals surface area contributed by atoms with Crippen molar-refractivity contribution >= 4 is 45.9 Å². The van der Waals surface area contributed by atoms with E-state index in [2.05, 4.69) is 27.0 Å². The van der Waals surface area contributed by atoms with E-state index in [0.717, 1.165) is 22.0 Å². The molecule has 1 unspecified atom stereocenters. The fourth-order valence-corrected chi connectivity index (χ4v) is 4.77. The molecule has 1 aliphatic heterocycles. The number of hydrogen-bond donors (Lipinski definition) is 4. The number of aromatic amines is 1. The van der Waals surface area contributed by atoms with E-state index < -0.39 is 11.6 Å². The van der Waals surface area contributed by atoms with Crippen molar-refractivity contribution in [3.8, 4) is 0 Å². The van der Waals surface area contributed by atoms with Gasteiger partial charge in [-0.05, 0) is 55.5 Å². The van der Waals surface area contributed by atoms with Crippen LogP contribution in [-0.2, 0) is 27.3 Å².